The predicted molar refractivity (Wildman–Crippen MR) is 68.8 cm³/mol. The fourth-order valence-corrected chi connectivity index (χ4v) is 2.17. The van der Waals surface area contributed by atoms with E-state index in [4.69, 9.17) is 10.9 Å². The minimum Gasteiger partial charge on any atom is -0.409 e. The number of rotatable bonds is 2. The molecule has 2 aromatic rings. The molecule has 9 heteroatoms. The summed E-state index contributed by atoms with van der Waals surface area (Å²) in [6, 6.07) is 4.72. The monoisotopic (exact) mass is 348 g/mol. The molecular formula is C11H8BrF3N4O. The third kappa shape index (κ3) is 2.62. The van der Waals surface area contributed by atoms with E-state index in [1.54, 1.807) is 12.1 Å². The van der Waals surface area contributed by atoms with Gasteiger partial charge in [-0.25, -0.2) is 4.68 Å². The fourth-order valence-electron chi connectivity index (χ4n) is 1.61. The molecule has 3 N–H and O–H groups in total. The molecule has 0 aliphatic heterocycles. The summed E-state index contributed by atoms with van der Waals surface area (Å²) in [5.41, 5.74) is 5.14. The van der Waals surface area contributed by atoms with Crippen LogP contribution in [0.1, 0.15) is 11.1 Å². The summed E-state index contributed by atoms with van der Waals surface area (Å²) in [6.45, 7) is 0. The van der Waals surface area contributed by atoms with E-state index in [0.717, 1.165) is 10.9 Å². The van der Waals surface area contributed by atoms with Crippen LogP contribution in [0, 0.1) is 0 Å². The lowest BCUT2D eigenvalue weighted by molar-refractivity contribution is -0.137. The lowest BCUT2D eigenvalue weighted by Gasteiger charge is -2.10. The van der Waals surface area contributed by atoms with E-state index in [9.17, 15) is 13.2 Å². The van der Waals surface area contributed by atoms with Crippen molar-refractivity contribution in [2.45, 2.75) is 6.18 Å². The lowest BCUT2D eigenvalue weighted by Crippen LogP contribution is -2.17. The molecule has 0 unspecified atom stereocenters. The second-order valence-electron chi connectivity index (χ2n) is 3.79. The highest BCUT2D eigenvalue weighted by molar-refractivity contribution is 9.10. The Bertz CT molecular complexity index is 666. The minimum atomic E-state index is -4.49. The second-order valence-corrected chi connectivity index (χ2v) is 4.64. The van der Waals surface area contributed by atoms with Crippen LogP contribution in [0.15, 0.2) is 40.2 Å². The normalized spacial score (nSPS) is 12.7. The number of hydrogen-bond donors (Lipinski definition) is 2. The Morgan fingerprint density at radius 3 is 2.65 bits per heavy atom. The van der Waals surface area contributed by atoms with E-state index in [2.05, 4.69) is 26.2 Å². The molecule has 0 saturated carbocycles. The van der Waals surface area contributed by atoms with Gasteiger partial charge >= 0.3 is 6.18 Å². The van der Waals surface area contributed by atoms with Gasteiger partial charge in [-0.15, -0.1) is 0 Å². The Morgan fingerprint density at radius 1 is 1.40 bits per heavy atom. The first-order valence-corrected chi connectivity index (χ1v) is 6.02. The first-order chi connectivity index (χ1) is 9.34. The molecule has 0 radical (unpaired) electrons. The van der Waals surface area contributed by atoms with Gasteiger partial charge in [-0.2, -0.15) is 18.3 Å². The Morgan fingerprint density at radius 2 is 2.10 bits per heavy atom. The molecule has 2 rings (SSSR count). The zero-order valence-electron chi connectivity index (χ0n) is 9.76. The number of oxime groups is 1. The average molecular weight is 349 g/mol. The zero-order valence-corrected chi connectivity index (χ0v) is 11.4. The number of benzene rings is 1. The molecule has 0 amide bonds. The SMILES string of the molecule is N/C(=N/O)c1c(Br)cccc1-n1cc(C(F)(F)F)cn1. The van der Waals surface area contributed by atoms with Crippen molar-refractivity contribution in [2.75, 3.05) is 0 Å². The number of halogens is 4. The molecule has 20 heavy (non-hydrogen) atoms. The predicted octanol–water partition coefficient (Wildman–Crippen LogP) is 2.75. The molecule has 0 fully saturated rings. The molecule has 0 spiro atoms. The van der Waals surface area contributed by atoms with Crippen LogP contribution < -0.4 is 5.73 Å². The van der Waals surface area contributed by atoms with Gasteiger partial charge in [0.15, 0.2) is 5.84 Å². The molecule has 0 atom stereocenters. The molecule has 0 saturated heterocycles. The van der Waals surface area contributed by atoms with E-state index in [-0.39, 0.29) is 17.1 Å². The van der Waals surface area contributed by atoms with Gasteiger partial charge in [0.05, 0.1) is 23.0 Å². The molecule has 1 heterocycles. The minimum absolute atomic E-state index is 0.239. The molecule has 0 aliphatic carbocycles. The molecule has 0 aliphatic rings. The summed E-state index contributed by atoms with van der Waals surface area (Å²) >= 11 is 3.20. The van der Waals surface area contributed by atoms with Crippen molar-refractivity contribution in [1.29, 1.82) is 0 Å². The van der Waals surface area contributed by atoms with Crippen LogP contribution in [-0.4, -0.2) is 20.8 Å². The number of hydrogen-bond acceptors (Lipinski definition) is 3. The molecule has 1 aromatic carbocycles. The Balaban J connectivity index is 2.59. The van der Waals surface area contributed by atoms with Crippen molar-refractivity contribution >= 4 is 21.8 Å². The van der Waals surface area contributed by atoms with Crippen LogP contribution in [0.25, 0.3) is 5.69 Å². The van der Waals surface area contributed by atoms with E-state index < -0.39 is 11.7 Å². The number of nitrogens with two attached hydrogens (primary N) is 1. The molecule has 106 valence electrons. The largest absolute Gasteiger partial charge is 0.419 e. The van der Waals surface area contributed by atoms with Crippen molar-refractivity contribution in [3.05, 3.63) is 46.2 Å². The van der Waals surface area contributed by atoms with Gasteiger partial charge in [-0.1, -0.05) is 11.2 Å². The number of alkyl halides is 3. The summed E-state index contributed by atoms with van der Waals surface area (Å²) in [6.07, 6.45) is -2.95. The third-order valence-electron chi connectivity index (χ3n) is 2.51. The zero-order chi connectivity index (χ0) is 14.9. The van der Waals surface area contributed by atoms with Gasteiger partial charge in [-0.05, 0) is 28.1 Å². The van der Waals surface area contributed by atoms with Crippen molar-refractivity contribution in [3.63, 3.8) is 0 Å². The first kappa shape index (κ1) is 14.4. The van der Waals surface area contributed by atoms with Gasteiger partial charge in [-0.3, -0.25) is 0 Å². The topological polar surface area (TPSA) is 76.4 Å². The fraction of sp³-hybridized carbons (Fsp3) is 0.0909. The summed E-state index contributed by atoms with van der Waals surface area (Å²) in [5.74, 6) is -0.239. The van der Waals surface area contributed by atoms with E-state index >= 15 is 0 Å². The van der Waals surface area contributed by atoms with Crippen LogP contribution in [0.5, 0.6) is 0 Å². The van der Waals surface area contributed by atoms with E-state index in [1.165, 1.54) is 6.07 Å². The van der Waals surface area contributed by atoms with E-state index in [1.807, 2.05) is 0 Å². The van der Waals surface area contributed by atoms with Crippen LogP contribution in [0.3, 0.4) is 0 Å². The van der Waals surface area contributed by atoms with Crippen LogP contribution in [-0.2, 0) is 6.18 Å². The highest BCUT2D eigenvalue weighted by Gasteiger charge is 2.32. The highest BCUT2D eigenvalue weighted by atomic mass is 79.9. The first-order valence-electron chi connectivity index (χ1n) is 5.23. The summed E-state index contributed by atoms with van der Waals surface area (Å²) in [4.78, 5) is 0. The second kappa shape index (κ2) is 5.16. The van der Waals surface area contributed by atoms with Crippen molar-refractivity contribution in [2.24, 2.45) is 10.9 Å². The molecule has 0 bridgehead atoms. The number of nitrogens with zero attached hydrogens (tertiary/aromatic N) is 3. The third-order valence-corrected chi connectivity index (χ3v) is 3.17. The summed E-state index contributed by atoms with van der Waals surface area (Å²) in [5, 5.41) is 15.3. The van der Waals surface area contributed by atoms with Crippen LogP contribution in [0.2, 0.25) is 0 Å². The standard InChI is InChI=1S/C11H8BrF3N4O/c12-7-2-1-3-8(9(7)10(16)18-20)19-5-6(4-17-19)11(13,14)15/h1-5,20H,(H2,16,18). The van der Waals surface area contributed by atoms with Crippen LogP contribution in [0.4, 0.5) is 13.2 Å². The Labute approximate surface area is 119 Å². The van der Waals surface area contributed by atoms with Gasteiger partial charge in [0.1, 0.15) is 0 Å². The summed E-state index contributed by atoms with van der Waals surface area (Å²) in [7, 11) is 0. The molecular weight excluding hydrogens is 341 g/mol. The lowest BCUT2D eigenvalue weighted by atomic mass is 10.1. The maximum atomic E-state index is 12.6. The van der Waals surface area contributed by atoms with Crippen molar-refractivity contribution in [3.8, 4) is 5.69 Å². The van der Waals surface area contributed by atoms with Crippen molar-refractivity contribution in [1.82, 2.24) is 9.78 Å². The van der Waals surface area contributed by atoms with Gasteiger partial charge < -0.3 is 10.9 Å². The Kier molecular flexibility index (Phi) is 3.71. The number of amidine groups is 1. The van der Waals surface area contributed by atoms with Gasteiger partial charge in [0.2, 0.25) is 0 Å². The maximum Gasteiger partial charge on any atom is 0.419 e. The smallest absolute Gasteiger partial charge is 0.409 e. The molecule has 5 nitrogen and oxygen atoms in total. The highest BCUT2D eigenvalue weighted by Crippen LogP contribution is 2.30. The Hall–Kier alpha value is -2.03. The maximum absolute atomic E-state index is 12.6. The molecule has 1 aromatic heterocycles. The number of aromatic nitrogens is 2. The van der Waals surface area contributed by atoms with Crippen LogP contribution >= 0.6 is 15.9 Å². The quantitative estimate of drug-likeness (QED) is 0.379. The van der Waals surface area contributed by atoms with E-state index in [0.29, 0.717) is 10.7 Å². The average Bonchev–Trinajstić information content (AvgIpc) is 2.87. The van der Waals surface area contributed by atoms with Gasteiger partial charge in [0, 0.05) is 10.7 Å². The van der Waals surface area contributed by atoms with Crippen molar-refractivity contribution < 1.29 is 18.4 Å². The van der Waals surface area contributed by atoms with Gasteiger partial charge in [0.25, 0.3) is 0 Å². The summed E-state index contributed by atoms with van der Waals surface area (Å²) < 4.78 is 39.2.